The highest BCUT2D eigenvalue weighted by molar-refractivity contribution is 5.91. The molecule has 9 atom stereocenters. The second kappa shape index (κ2) is 7.76. The summed E-state index contributed by atoms with van der Waals surface area (Å²) in [5.41, 5.74) is 1.50. The number of aliphatic hydroxyl groups excluding tert-OH is 1. The molecular weight excluding hydrogens is 376 g/mol. The van der Waals surface area contributed by atoms with Crippen molar-refractivity contribution in [2.24, 2.45) is 46.3 Å². The smallest absolute Gasteiger partial charge is 0.302 e. The number of carbonyl (C=O) groups is 2. The third kappa shape index (κ3) is 3.20. The van der Waals surface area contributed by atoms with Crippen molar-refractivity contribution in [2.75, 3.05) is 6.61 Å². The topological polar surface area (TPSA) is 63.6 Å². The van der Waals surface area contributed by atoms with E-state index in [-0.39, 0.29) is 34.6 Å². The molecule has 0 amide bonds. The normalized spacial score (nSPS) is 46.3. The summed E-state index contributed by atoms with van der Waals surface area (Å²) in [7, 11) is 0. The maximum absolute atomic E-state index is 12.3. The second-order valence-corrected chi connectivity index (χ2v) is 11.3. The number of fused-ring (bicyclic) bond motifs is 5. The van der Waals surface area contributed by atoms with Crippen LogP contribution in [0.5, 0.6) is 0 Å². The van der Waals surface area contributed by atoms with Gasteiger partial charge < -0.3 is 9.84 Å². The quantitative estimate of drug-likeness (QED) is 0.659. The molecular formula is C26H40O4. The first-order valence-corrected chi connectivity index (χ1v) is 12.2. The molecule has 30 heavy (non-hydrogen) atoms. The Labute approximate surface area is 181 Å². The van der Waals surface area contributed by atoms with Gasteiger partial charge in [0.2, 0.25) is 0 Å². The van der Waals surface area contributed by atoms with Gasteiger partial charge in [0.15, 0.2) is 5.78 Å². The predicted molar refractivity (Wildman–Crippen MR) is 117 cm³/mol. The average Bonchev–Trinajstić information content (AvgIpc) is 3.05. The number of hydrogen-bond acceptors (Lipinski definition) is 4. The molecule has 4 heteroatoms. The molecule has 0 aromatic heterocycles. The number of hydrogen-bond donors (Lipinski definition) is 1. The Morgan fingerprint density at radius 2 is 1.97 bits per heavy atom. The van der Waals surface area contributed by atoms with E-state index in [1.54, 1.807) is 0 Å². The lowest BCUT2D eigenvalue weighted by Gasteiger charge is -2.61. The molecule has 0 aromatic rings. The molecule has 4 nitrogen and oxygen atoms in total. The summed E-state index contributed by atoms with van der Waals surface area (Å²) in [5.74, 6) is 2.34. The number of ether oxygens (including phenoxy) is 1. The number of rotatable bonds is 4. The van der Waals surface area contributed by atoms with Gasteiger partial charge in [0.05, 0.1) is 12.7 Å². The van der Waals surface area contributed by atoms with Crippen LogP contribution in [0.4, 0.5) is 0 Å². The summed E-state index contributed by atoms with van der Waals surface area (Å²) in [5, 5.41) is 11.6. The van der Waals surface area contributed by atoms with E-state index in [9.17, 15) is 14.7 Å². The zero-order valence-corrected chi connectivity index (χ0v) is 19.4. The molecule has 168 valence electrons. The maximum Gasteiger partial charge on any atom is 0.302 e. The molecule has 0 aromatic carbocycles. The Balaban J connectivity index is 1.65. The summed E-state index contributed by atoms with van der Waals surface area (Å²) in [4.78, 5) is 23.6. The third-order valence-electron chi connectivity index (χ3n) is 9.97. The van der Waals surface area contributed by atoms with E-state index in [1.165, 1.54) is 18.9 Å². The number of aliphatic hydroxyl groups is 1. The van der Waals surface area contributed by atoms with Crippen molar-refractivity contribution in [3.05, 3.63) is 11.6 Å². The van der Waals surface area contributed by atoms with Crippen molar-refractivity contribution in [3.63, 3.8) is 0 Å². The van der Waals surface area contributed by atoms with Gasteiger partial charge in [0.25, 0.3) is 0 Å². The van der Waals surface area contributed by atoms with Crippen molar-refractivity contribution >= 4 is 11.8 Å². The van der Waals surface area contributed by atoms with Gasteiger partial charge in [0, 0.05) is 19.3 Å². The lowest BCUT2D eigenvalue weighted by atomic mass is 9.43. The Hall–Kier alpha value is -1.16. The second-order valence-electron chi connectivity index (χ2n) is 11.3. The first kappa shape index (κ1) is 22.0. The van der Waals surface area contributed by atoms with Gasteiger partial charge in [-0.3, -0.25) is 9.59 Å². The fourth-order valence-corrected chi connectivity index (χ4v) is 8.54. The fraction of sp³-hybridized carbons (Fsp3) is 0.846. The molecule has 0 bridgehead atoms. The van der Waals surface area contributed by atoms with Gasteiger partial charge in [-0.2, -0.15) is 0 Å². The standard InChI is InChI=1S/C26H40O4/c1-6-18-22-13-17(28)9-11-26(22,5)21-10-12-25(4)19(15(2)14-30-16(3)27)7-8-20(25)23(21)24(18)29/h13,15,18-21,23-24,29H,6-12,14H2,1-5H3/t15?,18-,19+,20-,21-,23-,24+,25+,26+/m0/s1. The van der Waals surface area contributed by atoms with Gasteiger partial charge in [0.1, 0.15) is 0 Å². The van der Waals surface area contributed by atoms with Crippen molar-refractivity contribution in [1.29, 1.82) is 0 Å². The van der Waals surface area contributed by atoms with Crippen LogP contribution >= 0.6 is 0 Å². The molecule has 0 spiro atoms. The number of esters is 1. The highest BCUT2D eigenvalue weighted by Gasteiger charge is 2.63. The van der Waals surface area contributed by atoms with Crippen LogP contribution in [0.25, 0.3) is 0 Å². The van der Waals surface area contributed by atoms with Crippen LogP contribution < -0.4 is 0 Å². The molecule has 0 radical (unpaired) electrons. The SMILES string of the molecule is CC[C@H]1C2=CC(=O)CC[C@]2(C)[C@H]2CC[C@]3(C)[C@@H](C(C)COC(C)=O)CC[C@H]3[C@@H]2[C@@H]1O. The monoisotopic (exact) mass is 416 g/mol. The molecule has 1 unspecified atom stereocenters. The van der Waals surface area contributed by atoms with Crippen molar-refractivity contribution in [1.82, 2.24) is 0 Å². The highest BCUT2D eigenvalue weighted by Crippen LogP contribution is 2.68. The Morgan fingerprint density at radius 1 is 1.23 bits per heavy atom. The Morgan fingerprint density at radius 3 is 2.63 bits per heavy atom. The first-order valence-electron chi connectivity index (χ1n) is 12.2. The Bertz CT molecular complexity index is 741. The van der Waals surface area contributed by atoms with Crippen LogP contribution in [0, 0.1) is 46.3 Å². The Kier molecular flexibility index (Phi) is 5.70. The van der Waals surface area contributed by atoms with Crippen molar-refractivity contribution in [2.45, 2.75) is 85.7 Å². The molecule has 3 saturated carbocycles. The average molecular weight is 417 g/mol. The minimum atomic E-state index is -0.350. The van der Waals surface area contributed by atoms with Crippen LogP contribution in [0.2, 0.25) is 0 Å². The van der Waals surface area contributed by atoms with Crippen molar-refractivity contribution < 1.29 is 19.4 Å². The van der Waals surface area contributed by atoms with Crippen LogP contribution in [0.15, 0.2) is 11.6 Å². The van der Waals surface area contributed by atoms with E-state index in [1.807, 2.05) is 6.08 Å². The number of ketones is 1. The van der Waals surface area contributed by atoms with Crippen LogP contribution in [-0.4, -0.2) is 29.6 Å². The molecule has 4 rings (SSSR count). The molecule has 1 N–H and O–H groups in total. The molecule has 4 aliphatic carbocycles. The third-order valence-corrected chi connectivity index (χ3v) is 9.97. The van der Waals surface area contributed by atoms with E-state index in [2.05, 4.69) is 27.7 Å². The molecule has 3 fully saturated rings. The largest absolute Gasteiger partial charge is 0.466 e. The zero-order chi connectivity index (χ0) is 21.8. The first-order chi connectivity index (χ1) is 14.1. The lowest BCUT2D eigenvalue weighted by molar-refractivity contribution is -0.146. The van der Waals surface area contributed by atoms with E-state index in [0.717, 1.165) is 32.1 Å². The highest BCUT2D eigenvalue weighted by atomic mass is 16.5. The van der Waals surface area contributed by atoms with Gasteiger partial charge in [-0.05, 0) is 85.0 Å². The minimum Gasteiger partial charge on any atom is -0.466 e. The summed E-state index contributed by atoms with van der Waals surface area (Å²) in [6, 6.07) is 0. The predicted octanol–water partition coefficient (Wildman–Crippen LogP) is 4.94. The lowest BCUT2D eigenvalue weighted by Crippen LogP contribution is -2.58. The molecule has 0 aliphatic heterocycles. The van der Waals surface area contributed by atoms with E-state index in [4.69, 9.17) is 4.74 Å². The van der Waals surface area contributed by atoms with E-state index in [0.29, 0.717) is 42.6 Å². The maximum atomic E-state index is 12.3. The molecule has 4 aliphatic rings. The van der Waals surface area contributed by atoms with E-state index >= 15 is 0 Å². The molecule has 0 saturated heterocycles. The van der Waals surface area contributed by atoms with Crippen molar-refractivity contribution in [3.8, 4) is 0 Å². The summed E-state index contributed by atoms with van der Waals surface area (Å²) >= 11 is 0. The summed E-state index contributed by atoms with van der Waals surface area (Å²) in [6.45, 7) is 11.2. The van der Waals surface area contributed by atoms with Gasteiger partial charge in [-0.25, -0.2) is 0 Å². The van der Waals surface area contributed by atoms with Crippen LogP contribution in [-0.2, 0) is 14.3 Å². The van der Waals surface area contributed by atoms with Gasteiger partial charge in [-0.1, -0.05) is 33.3 Å². The van der Waals surface area contributed by atoms with Crippen LogP contribution in [0.3, 0.4) is 0 Å². The van der Waals surface area contributed by atoms with Gasteiger partial charge >= 0.3 is 5.97 Å². The number of carbonyl (C=O) groups excluding carboxylic acids is 2. The van der Waals surface area contributed by atoms with Gasteiger partial charge in [-0.15, -0.1) is 0 Å². The zero-order valence-electron chi connectivity index (χ0n) is 19.4. The minimum absolute atomic E-state index is 0.0568. The molecule has 0 heterocycles. The van der Waals surface area contributed by atoms with E-state index < -0.39 is 0 Å². The summed E-state index contributed by atoms with van der Waals surface area (Å²) in [6.07, 6.45) is 8.67. The summed E-state index contributed by atoms with van der Waals surface area (Å²) < 4.78 is 5.37. The van der Waals surface area contributed by atoms with Crippen LogP contribution in [0.1, 0.15) is 79.6 Å². The fourth-order valence-electron chi connectivity index (χ4n) is 8.54.